The summed E-state index contributed by atoms with van der Waals surface area (Å²) in [5.74, 6) is 0.258. The number of carbonyl (C=O) groups is 1. The quantitative estimate of drug-likeness (QED) is 0.785. The lowest BCUT2D eigenvalue weighted by Crippen LogP contribution is -2.27. The summed E-state index contributed by atoms with van der Waals surface area (Å²) in [5.41, 5.74) is 7.69. The molecule has 1 heterocycles. The fraction of sp³-hybridized carbons (Fsp3) is 0.267. The van der Waals surface area contributed by atoms with Gasteiger partial charge in [0.2, 0.25) is 0 Å². The Morgan fingerprint density at radius 2 is 2.00 bits per heavy atom. The summed E-state index contributed by atoms with van der Waals surface area (Å²) in [6.07, 6.45) is 3.11. The SMILES string of the molecule is CCOCCNC(=O)c1ccc(-c2cnc(N)cn2)cc1. The molecule has 110 valence electrons. The van der Waals surface area contributed by atoms with E-state index < -0.39 is 0 Å². The fourth-order valence-corrected chi connectivity index (χ4v) is 1.76. The summed E-state index contributed by atoms with van der Waals surface area (Å²) in [6.45, 7) is 3.58. The normalized spacial score (nSPS) is 10.3. The lowest BCUT2D eigenvalue weighted by molar-refractivity contribution is 0.0922. The highest BCUT2D eigenvalue weighted by atomic mass is 16.5. The van der Waals surface area contributed by atoms with Gasteiger partial charge in [0, 0.05) is 24.3 Å². The van der Waals surface area contributed by atoms with Crippen molar-refractivity contribution in [2.45, 2.75) is 6.92 Å². The van der Waals surface area contributed by atoms with Gasteiger partial charge >= 0.3 is 0 Å². The predicted molar refractivity (Wildman–Crippen MR) is 80.7 cm³/mol. The minimum absolute atomic E-state index is 0.121. The van der Waals surface area contributed by atoms with Crippen LogP contribution in [-0.2, 0) is 4.74 Å². The summed E-state index contributed by atoms with van der Waals surface area (Å²) in [6, 6.07) is 7.17. The van der Waals surface area contributed by atoms with E-state index in [9.17, 15) is 4.79 Å². The topological polar surface area (TPSA) is 90.1 Å². The number of nitrogen functional groups attached to an aromatic ring is 1. The number of nitrogens with one attached hydrogen (secondary N) is 1. The number of benzene rings is 1. The molecule has 0 bridgehead atoms. The van der Waals surface area contributed by atoms with Crippen molar-refractivity contribution in [2.75, 3.05) is 25.5 Å². The highest BCUT2D eigenvalue weighted by Crippen LogP contribution is 2.16. The van der Waals surface area contributed by atoms with Crippen molar-refractivity contribution < 1.29 is 9.53 Å². The lowest BCUT2D eigenvalue weighted by Gasteiger charge is -2.06. The Labute approximate surface area is 123 Å². The van der Waals surface area contributed by atoms with Gasteiger partial charge in [0.15, 0.2) is 0 Å². The van der Waals surface area contributed by atoms with Gasteiger partial charge in [-0.1, -0.05) is 12.1 Å². The Hall–Kier alpha value is -2.47. The van der Waals surface area contributed by atoms with Crippen LogP contribution < -0.4 is 11.1 Å². The molecule has 2 aromatic rings. The van der Waals surface area contributed by atoms with Crippen molar-refractivity contribution in [3.63, 3.8) is 0 Å². The van der Waals surface area contributed by atoms with Gasteiger partial charge in [0.25, 0.3) is 5.91 Å². The number of ether oxygens (including phenoxy) is 1. The number of nitrogens with zero attached hydrogens (tertiary/aromatic N) is 2. The molecule has 1 amide bonds. The van der Waals surface area contributed by atoms with Crippen molar-refractivity contribution in [1.29, 1.82) is 0 Å². The third-order valence-corrected chi connectivity index (χ3v) is 2.85. The molecule has 1 aromatic heterocycles. The monoisotopic (exact) mass is 286 g/mol. The molecule has 6 heteroatoms. The van der Waals surface area contributed by atoms with Crippen molar-refractivity contribution in [3.05, 3.63) is 42.2 Å². The summed E-state index contributed by atoms with van der Waals surface area (Å²) < 4.78 is 5.17. The van der Waals surface area contributed by atoms with Crippen LogP contribution in [0.3, 0.4) is 0 Å². The maximum Gasteiger partial charge on any atom is 0.251 e. The van der Waals surface area contributed by atoms with Crippen LogP contribution in [0.5, 0.6) is 0 Å². The van der Waals surface area contributed by atoms with E-state index in [2.05, 4.69) is 15.3 Å². The fourth-order valence-electron chi connectivity index (χ4n) is 1.76. The molecule has 0 unspecified atom stereocenters. The standard InChI is InChI=1S/C15H18N4O2/c1-2-21-8-7-17-15(20)12-5-3-11(4-6-12)13-9-19-14(16)10-18-13/h3-6,9-10H,2,7-8H2,1H3,(H2,16,19)(H,17,20). The number of amides is 1. The number of aromatic nitrogens is 2. The van der Waals surface area contributed by atoms with Gasteiger partial charge < -0.3 is 15.8 Å². The van der Waals surface area contributed by atoms with Crippen LogP contribution >= 0.6 is 0 Å². The number of rotatable bonds is 6. The molecular formula is C15H18N4O2. The minimum Gasteiger partial charge on any atom is -0.382 e. The first-order valence-corrected chi connectivity index (χ1v) is 6.74. The van der Waals surface area contributed by atoms with Gasteiger partial charge in [-0.05, 0) is 19.1 Å². The van der Waals surface area contributed by atoms with Crippen LogP contribution in [0.25, 0.3) is 11.3 Å². The smallest absolute Gasteiger partial charge is 0.251 e. The third-order valence-electron chi connectivity index (χ3n) is 2.85. The van der Waals surface area contributed by atoms with E-state index >= 15 is 0 Å². The third kappa shape index (κ3) is 4.25. The van der Waals surface area contributed by atoms with Crippen molar-refractivity contribution >= 4 is 11.7 Å². The Balaban J connectivity index is 1.98. The molecule has 3 N–H and O–H groups in total. The molecule has 0 aliphatic rings. The number of hydrogen-bond donors (Lipinski definition) is 2. The van der Waals surface area contributed by atoms with Crippen LogP contribution in [-0.4, -0.2) is 35.6 Å². The molecule has 0 atom stereocenters. The Morgan fingerprint density at radius 3 is 2.62 bits per heavy atom. The maximum absolute atomic E-state index is 11.9. The predicted octanol–water partition coefficient (Wildman–Crippen LogP) is 1.49. The molecule has 0 aliphatic heterocycles. The Bertz CT molecular complexity index is 582. The minimum atomic E-state index is -0.121. The van der Waals surface area contributed by atoms with Gasteiger partial charge in [0.1, 0.15) is 5.82 Å². The highest BCUT2D eigenvalue weighted by molar-refractivity contribution is 5.94. The molecule has 0 aliphatic carbocycles. The second-order valence-corrected chi connectivity index (χ2v) is 4.36. The summed E-state index contributed by atoms with van der Waals surface area (Å²) in [7, 11) is 0. The van der Waals surface area contributed by atoms with E-state index in [-0.39, 0.29) is 5.91 Å². The first kappa shape index (κ1) is 14.9. The van der Waals surface area contributed by atoms with Crippen LogP contribution in [0.2, 0.25) is 0 Å². The molecule has 0 saturated heterocycles. The molecule has 1 aromatic carbocycles. The van der Waals surface area contributed by atoms with Gasteiger partial charge in [-0.25, -0.2) is 4.98 Å². The number of carbonyl (C=O) groups excluding carboxylic acids is 1. The maximum atomic E-state index is 11.9. The molecular weight excluding hydrogens is 268 g/mol. The summed E-state index contributed by atoms with van der Waals surface area (Å²) in [5, 5.41) is 2.79. The van der Waals surface area contributed by atoms with Crippen LogP contribution in [0.15, 0.2) is 36.7 Å². The van der Waals surface area contributed by atoms with E-state index in [1.165, 1.54) is 6.20 Å². The molecule has 21 heavy (non-hydrogen) atoms. The van der Waals surface area contributed by atoms with Crippen LogP contribution in [0.1, 0.15) is 17.3 Å². The average Bonchev–Trinajstić information content (AvgIpc) is 2.52. The Kier molecular flexibility index (Phi) is 5.22. The van der Waals surface area contributed by atoms with Gasteiger partial charge in [-0.2, -0.15) is 0 Å². The zero-order chi connectivity index (χ0) is 15.1. The first-order chi connectivity index (χ1) is 10.2. The molecule has 2 rings (SSSR count). The lowest BCUT2D eigenvalue weighted by atomic mass is 10.1. The second-order valence-electron chi connectivity index (χ2n) is 4.36. The highest BCUT2D eigenvalue weighted by Gasteiger charge is 2.06. The van der Waals surface area contributed by atoms with E-state index in [1.54, 1.807) is 18.3 Å². The second kappa shape index (κ2) is 7.35. The van der Waals surface area contributed by atoms with E-state index in [4.69, 9.17) is 10.5 Å². The van der Waals surface area contributed by atoms with Crippen molar-refractivity contribution in [2.24, 2.45) is 0 Å². The zero-order valence-corrected chi connectivity index (χ0v) is 11.9. The largest absolute Gasteiger partial charge is 0.382 e. The van der Waals surface area contributed by atoms with Crippen LogP contribution in [0, 0.1) is 0 Å². The zero-order valence-electron chi connectivity index (χ0n) is 11.9. The Morgan fingerprint density at radius 1 is 1.24 bits per heavy atom. The average molecular weight is 286 g/mol. The van der Waals surface area contributed by atoms with Gasteiger partial charge in [-0.15, -0.1) is 0 Å². The number of hydrogen-bond acceptors (Lipinski definition) is 5. The molecule has 0 fully saturated rings. The van der Waals surface area contributed by atoms with Gasteiger partial charge in [0.05, 0.1) is 24.7 Å². The summed E-state index contributed by atoms with van der Waals surface area (Å²) >= 11 is 0. The molecule has 0 radical (unpaired) electrons. The first-order valence-electron chi connectivity index (χ1n) is 6.74. The van der Waals surface area contributed by atoms with Crippen LogP contribution in [0.4, 0.5) is 5.82 Å². The van der Waals surface area contributed by atoms with Crippen molar-refractivity contribution in [1.82, 2.24) is 15.3 Å². The van der Waals surface area contributed by atoms with E-state index in [1.807, 2.05) is 19.1 Å². The number of nitrogens with two attached hydrogens (primary N) is 1. The number of anilines is 1. The molecule has 0 spiro atoms. The molecule has 0 saturated carbocycles. The van der Waals surface area contributed by atoms with E-state index in [0.29, 0.717) is 36.8 Å². The summed E-state index contributed by atoms with van der Waals surface area (Å²) in [4.78, 5) is 20.1. The van der Waals surface area contributed by atoms with E-state index in [0.717, 1.165) is 5.56 Å². The van der Waals surface area contributed by atoms with Gasteiger partial charge in [-0.3, -0.25) is 9.78 Å². The molecule has 6 nitrogen and oxygen atoms in total. The van der Waals surface area contributed by atoms with Crippen molar-refractivity contribution in [3.8, 4) is 11.3 Å².